The van der Waals surface area contributed by atoms with Gasteiger partial charge in [-0.2, -0.15) is 0 Å². The van der Waals surface area contributed by atoms with E-state index in [1.54, 1.807) is 7.11 Å². The number of hydrogen-bond acceptors (Lipinski definition) is 4. The molecule has 0 N–H and O–H groups in total. The van der Waals surface area contributed by atoms with Gasteiger partial charge in [-0.1, -0.05) is 54.6 Å². The van der Waals surface area contributed by atoms with E-state index in [1.807, 2.05) is 40.1 Å². The van der Waals surface area contributed by atoms with Crippen molar-refractivity contribution >= 4 is 23.6 Å². The second-order valence-electron chi connectivity index (χ2n) is 10.7. The molecule has 0 aromatic heterocycles. The quantitative estimate of drug-likeness (QED) is 0.454. The van der Waals surface area contributed by atoms with Crippen LogP contribution in [0.5, 0.6) is 0 Å². The molecule has 6 nitrogen and oxygen atoms in total. The van der Waals surface area contributed by atoms with Crippen molar-refractivity contribution in [2.75, 3.05) is 57.9 Å². The van der Waals surface area contributed by atoms with Crippen LogP contribution in [0, 0.1) is 5.92 Å². The maximum absolute atomic E-state index is 13.6. The number of hydrogen-bond donors (Lipinski definition) is 0. The average Bonchev–Trinajstić information content (AvgIpc) is 3.49. The first-order valence-corrected chi connectivity index (χ1v) is 13.7. The summed E-state index contributed by atoms with van der Waals surface area (Å²) in [4.78, 5) is 32.5. The number of allylic oxidation sites excluding steroid dienone is 1. The molecule has 2 aliphatic heterocycles. The van der Waals surface area contributed by atoms with Crippen LogP contribution in [0.2, 0.25) is 0 Å². The topological polar surface area (TPSA) is 53.1 Å². The highest BCUT2D eigenvalue weighted by Gasteiger charge is 2.38. The van der Waals surface area contributed by atoms with E-state index in [1.165, 1.54) is 11.1 Å². The van der Waals surface area contributed by atoms with Crippen molar-refractivity contribution < 1.29 is 14.3 Å². The fourth-order valence-corrected chi connectivity index (χ4v) is 6.25. The Bertz CT molecular complexity index is 1110. The highest BCUT2D eigenvalue weighted by Crippen LogP contribution is 2.43. The molecule has 0 saturated carbocycles. The molecule has 6 heteroatoms. The second-order valence-corrected chi connectivity index (χ2v) is 10.7. The molecule has 1 atom stereocenters. The minimum absolute atomic E-state index is 0.0686. The summed E-state index contributed by atoms with van der Waals surface area (Å²) in [6.45, 7) is 5.58. The number of fused-ring (bicyclic) bond motifs is 2. The molecule has 3 aliphatic rings. The van der Waals surface area contributed by atoms with Crippen LogP contribution in [0.15, 0.2) is 60.7 Å². The molecule has 2 aromatic carbocycles. The van der Waals surface area contributed by atoms with E-state index in [0.717, 1.165) is 51.0 Å². The number of anilines is 1. The fourth-order valence-electron chi connectivity index (χ4n) is 6.25. The summed E-state index contributed by atoms with van der Waals surface area (Å²) in [5.74, 6) is -0.134. The van der Waals surface area contributed by atoms with E-state index in [9.17, 15) is 9.59 Å². The van der Waals surface area contributed by atoms with Crippen molar-refractivity contribution in [2.24, 2.45) is 5.92 Å². The third kappa shape index (κ3) is 5.65. The van der Waals surface area contributed by atoms with Gasteiger partial charge in [0.05, 0.1) is 5.92 Å². The van der Waals surface area contributed by atoms with Gasteiger partial charge in [-0.05, 0) is 68.6 Å². The number of benzene rings is 2. The Kier molecular flexibility index (Phi) is 8.06. The zero-order valence-electron chi connectivity index (χ0n) is 22.0. The highest BCUT2D eigenvalue weighted by molar-refractivity contribution is 5.99. The van der Waals surface area contributed by atoms with Crippen LogP contribution >= 0.6 is 0 Å². The zero-order chi connectivity index (χ0) is 25.7. The fraction of sp³-hybridized carbons (Fsp3) is 0.484. The van der Waals surface area contributed by atoms with E-state index < -0.39 is 0 Å². The van der Waals surface area contributed by atoms with Crippen molar-refractivity contribution in [1.29, 1.82) is 0 Å². The monoisotopic (exact) mass is 501 g/mol. The maximum Gasteiger partial charge on any atom is 0.232 e. The van der Waals surface area contributed by atoms with E-state index in [4.69, 9.17) is 4.74 Å². The molecule has 2 heterocycles. The molecular weight excluding hydrogens is 462 g/mol. The number of amides is 2. The third-order valence-electron chi connectivity index (χ3n) is 8.36. The predicted molar refractivity (Wildman–Crippen MR) is 147 cm³/mol. The van der Waals surface area contributed by atoms with E-state index >= 15 is 0 Å². The molecule has 196 valence electrons. The average molecular weight is 502 g/mol. The molecule has 1 unspecified atom stereocenters. The second kappa shape index (κ2) is 11.6. The van der Waals surface area contributed by atoms with Gasteiger partial charge in [-0.3, -0.25) is 9.59 Å². The lowest BCUT2D eigenvalue weighted by Crippen LogP contribution is -2.43. The molecular formula is C31H39N3O3. The number of rotatable bonds is 10. The van der Waals surface area contributed by atoms with Gasteiger partial charge in [0.15, 0.2) is 0 Å². The van der Waals surface area contributed by atoms with Crippen molar-refractivity contribution in [1.82, 2.24) is 9.80 Å². The Balaban J connectivity index is 1.16. The van der Waals surface area contributed by atoms with Crippen LogP contribution in [0.3, 0.4) is 0 Å². The van der Waals surface area contributed by atoms with E-state index in [-0.39, 0.29) is 23.1 Å². The lowest BCUT2D eigenvalue weighted by molar-refractivity contribution is -0.128. The van der Waals surface area contributed by atoms with Gasteiger partial charge in [0.1, 0.15) is 0 Å². The summed E-state index contributed by atoms with van der Waals surface area (Å²) in [6.07, 6.45) is 9.02. The summed E-state index contributed by atoms with van der Waals surface area (Å²) in [5.41, 5.74) is 3.97. The van der Waals surface area contributed by atoms with Crippen LogP contribution in [0.4, 0.5) is 5.69 Å². The molecule has 5 rings (SSSR count). The summed E-state index contributed by atoms with van der Waals surface area (Å²) < 4.78 is 5.12. The molecule has 1 spiro atoms. The number of methoxy groups -OCH3 is 1. The Hall–Kier alpha value is -2.96. The SMILES string of the molecule is COCCCN1CC(C(=O)N(CCCN2CCC3(C=Cc4ccccc43)CC2)c2ccccc2)CC1=O. The van der Waals surface area contributed by atoms with Gasteiger partial charge in [0.25, 0.3) is 0 Å². The largest absolute Gasteiger partial charge is 0.385 e. The van der Waals surface area contributed by atoms with Crippen molar-refractivity contribution in [2.45, 2.75) is 37.5 Å². The number of para-hydroxylation sites is 1. The van der Waals surface area contributed by atoms with Crippen LogP contribution in [-0.2, 0) is 19.7 Å². The minimum atomic E-state index is -0.278. The van der Waals surface area contributed by atoms with Gasteiger partial charge in [-0.25, -0.2) is 0 Å². The lowest BCUT2D eigenvalue weighted by atomic mass is 9.74. The summed E-state index contributed by atoms with van der Waals surface area (Å²) in [7, 11) is 1.67. The van der Waals surface area contributed by atoms with Crippen LogP contribution in [-0.4, -0.2) is 74.6 Å². The zero-order valence-corrected chi connectivity index (χ0v) is 22.0. The molecule has 2 aromatic rings. The highest BCUT2D eigenvalue weighted by atomic mass is 16.5. The van der Waals surface area contributed by atoms with Gasteiger partial charge >= 0.3 is 0 Å². The Labute approximate surface area is 220 Å². The number of carbonyl (C=O) groups excluding carboxylic acids is 2. The van der Waals surface area contributed by atoms with Crippen molar-refractivity contribution in [3.05, 3.63) is 71.8 Å². The van der Waals surface area contributed by atoms with E-state index in [2.05, 4.69) is 41.3 Å². The van der Waals surface area contributed by atoms with Crippen LogP contribution in [0.25, 0.3) is 6.08 Å². The number of carbonyl (C=O) groups is 2. The minimum Gasteiger partial charge on any atom is -0.385 e. The smallest absolute Gasteiger partial charge is 0.232 e. The number of nitrogens with zero attached hydrogens (tertiary/aromatic N) is 3. The van der Waals surface area contributed by atoms with E-state index in [0.29, 0.717) is 32.7 Å². The molecule has 2 fully saturated rings. The Morgan fingerprint density at radius 3 is 2.57 bits per heavy atom. The van der Waals surface area contributed by atoms with Gasteiger partial charge in [0.2, 0.25) is 11.8 Å². The van der Waals surface area contributed by atoms with Crippen molar-refractivity contribution in [3.63, 3.8) is 0 Å². The molecule has 0 radical (unpaired) electrons. The van der Waals surface area contributed by atoms with Gasteiger partial charge in [-0.15, -0.1) is 0 Å². The molecule has 1 aliphatic carbocycles. The van der Waals surface area contributed by atoms with Gasteiger partial charge < -0.3 is 19.4 Å². The molecule has 0 bridgehead atoms. The molecule has 2 amide bonds. The first-order valence-electron chi connectivity index (χ1n) is 13.7. The number of piperidine rings is 1. The predicted octanol–water partition coefficient (Wildman–Crippen LogP) is 4.36. The summed E-state index contributed by atoms with van der Waals surface area (Å²) in [6, 6.07) is 18.7. The lowest BCUT2D eigenvalue weighted by Gasteiger charge is -2.39. The first-order chi connectivity index (χ1) is 18.1. The molecule has 2 saturated heterocycles. The first kappa shape index (κ1) is 25.7. The van der Waals surface area contributed by atoms with Crippen LogP contribution < -0.4 is 4.90 Å². The van der Waals surface area contributed by atoms with Crippen LogP contribution in [0.1, 0.15) is 43.2 Å². The molecule has 37 heavy (non-hydrogen) atoms. The Morgan fingerprint density at radius 2 is 1.78 bits per heavy atom. The number of likely N-dealkylation sites (tertiary alicyclic amines) is 2. The number of ether oxygens (including phenoxy) is 1. The summed E-state index contributed by atoms with van der Waals surface area (Å²) >= 11 is 0. The maximum atomic E-state index is 13.6. The van der Waals surface area contributed by atoms with Crippen molar-refractivity contribution in [3.8, 4) is 0 Å². The Morgan fingerprint density at radius 1 is 1.03 bits per heavy atom. The normalized spacial score (nSPS) is 20.5. The third-order valence-corrected chi connectivity index (χ3v) is 8.36. The summed E-state index contributed by atoms with van der Waals surface area (Å²) in [5, 5.41) is 0. The standard InChI is InChI=1S/C31H39N3O3/c1-37-22-8-18-33-24-26(23-29(33)35)30(36)34(27-10-3-2-4-11-27)19-7-17-32-20-15-31(16-21-32)14-13-25-9-5-6-12-28(25)31/h2-6,9-14,26H,7-8,15-24H2,1H3. The van der Waals surface area contributed by atoms with Gasteiger partial charge in [0, 0.05) is 50.9 Å².